The van der Waals surface area contributed by atoms with Crippen molar-refractivity contribution in [2.75, 3.05) is 24.5 Å². The second kappa shape index (κ2) is 6.75. The van der Waals surface area contributed by atoms with Crippen LogP contribution in [0.2, 0.25) is 0 Å². The second-order valence-corrected chi connectivity index (χ2v) is 7.64. The van der Waals surface area contributed by atoms with Gasteiger partial charge in [0.25, 0.3) is 5.91 Å². The van der Waals surface area contributed by atoms with Crippen LogP contribution in [0.4, 0.5) is 11.4 Å². The Kier molecular flexibility index (Phi) is 4.08. The average molecular weight is 370 g/mol. The highest BCUT2D eigenvalue weighted by Gasteiger charge is 2.45. The number of carbonyl (C=O) groups excluding carboxylic acids is 1. The number of aromatic nitrogens is 2. The van der Waals surface area contributed by atoms with E-state index in [0.29, 0.717) is 5.56 Å². The Labute approximate surface area is 164 Å². The minimum absolute atomic E-state index is 0.0518. The van der Waals surface area contributed by atoms with E-state index in [0.717, 1.165) is 32.5 Å². The lowest BCUT2D eigenvalue weighted by atomic mass is 9.74. The van der Waals surface area contributed by atoms with Crippen molar-refractivity contribution in [3.8, 4) is 0 Å². The molecular formula is C23H22N4O. The van der Waals surface area contributed by atoms with Crippen LogP contribution in [-0.2, 0) is 5.41 Å². The van der Waals surface area contributed by atoms with Crippen LogP contribution in [0.3, 0.4) is 0 Å². The maximum Gasteiger partial charge on any atom is 0.255 e. The van der Waals surface area contributed by atoms with E-state index in [2.05, 4.69) is 69.7 Å². The number of amides is 1. The Morgan fingerprint density at radius 1 is 0.893 bits per heavy atom. The molecule has 0 atom stereocenters. The molecule has 140 valence electrons. The van der Waals surface area contributed by atoms with Crippen molar-refractivity contribution in [3.63, 3.8) is 0 Å². The van der Waals surface area contributed by atoms with Gasteiger partial charge in [-0.25, -0.2) is 0 Å². The number of hydrogen-bond donors (Lipinski definition) is 0. The number of benzene rings is 2. The minimum atomic E-state index is 0.0518. The largest absolute Gasteiger partial charge is 0.340 e. The number of nitrogens with zero attached hydrogens (tertiary/aromatic N) is 4. The first-order chi connectivity index (χ1) is 13.8. The summed E-state index contributed by atoms with van der Waals surface area (Å²) in [6.07, 6.45) is 5.06. The first-order valence-electron chi connectivity index (χ1n) is 9.75. The smallest absolute Gasteiger partial charge is 0.255 e. The van der Waals surface area contributed by atoms with E-state index >= 15 is 0 Å². The summed E-state index contributed by atoms with van der Waals surface area (Å²) in [5, 5.41) is 7.61. The molecule has 1 saturated heterocycles. The van der Waals surface area contributed by atoms with Crippen molar-refractivity contribution >= 4 is 17.3 Å². The van der Waals surface area contributed by atoms with Crippen LogP contribution in [0.25, 0.3) is 0 Å². The zero-order valence-corrected chi connectivity index (χ0v) is 15.7. The van der Waals surface area contributed by atoms with Gasteiger partial charge >= 0.3 is 0 Å². The van der Waals surface area contributed by atoms with E-state index in [-0.39, 0.29) is 11.3 Å². The van der Waals surface area contributed by atoms with Gasteiger partial charge in [0.05, 0.1) is 18.0 Å². The van der Waals surface area contributed by atoms with Crippen LogP contribution in [0.1, 0.15) is 28.8 Å². The van der Waals surface area contributed by atoms with Gasteiger partial charge in [-0.2, -0.15) is 10.2 Å². The Balaban J connectivity index is 1.41. The van der Waals surface area contributed by atoms with Crippen molar-refractivity contribution in [1.82, 2.24) is 15.1 Å². The topological polar surface area (TPSA) is 49.3 Å². The lowest BCUT2D eigenvalue weighted by molar-refractivity contribution is 0.0674. The number of hydrogen-bond acceptors (Lipinski definition) is 4. The molecule has 0 bridgehead atoms. The molecule has 2 aromatic carbocycles. The Morgan fingerprint density at radius 2 is 1.64 bits per heavy atom. The number of likely N-dealkylation sites (tertiary alicyclic amines) is 1. The van der Waals surface area contributed by atoms with Gasteiger partial charge < -0.3 is 9.80 Å². The third-order valence-electron chi connectivity index (χ3n) is 6.13. The summed E-state index contributed by atoms with van der Waals surface area (Å²) in [4.78, 5) is 17.2. The highest BCUT2D eigenvalue weighted by molar-refractivity contribution is 5.93. The van der Waals surface area contributed by atoms with Crippen molar-refractivity contribution in [1.29, 1.82) is 0 Å². The van der Waals surface area contributed by atoms with Gasteiger partial charge in [0.15, 0.2) is 0 Å². The molecule has 2 aliphatic rings. The van der Waals surface area contributed by atoms with Gasteiger partial charge in [0, 0.05) is 36.4 Å². The summed E-state index contributed by atoms with van der Waals surface area (Å²) >= 11 is 0. The van der Waals surface area contributed by atoms with E-state index in [1.807, 2.05) is 4.90 Å². The lowest BCUT2D eigenvalue weighted by Gasteiger charge is -2.40. The summed E-state index contributed by atoms with van der Waals surface area (Å²) in [5.74, 6) is 0.0518. The predicted molar refractivity (Wildman–Crippen MR) is 109 cm³/mol. The third kappa shape index (κ3) is 2.74. The number of piperidine rings is 1. The molecule has 1 fully saturated rings. The van der Waals surface area contributed by atoms with E-state index in [1.54, 1.807) is 18.5 Å². The summed E-state index contributed by atoms with van der Waals surface area (Å²) in [6.45, 7) is 2.49. The Hall–Kier alpha value is -3.21. The van der Waals surface area contributed by atoms with Gasteiger partial charge in [0.2, 0.25) is 0 Å². The highest BCUT2D eigenvalue weighted by atomic mass is 16.2. The van der Waals surface area contributed by atoms with Crippen molar-refractivity contribution in [2.45, 2.75) is 18.3 Å². The number of carbonyl (C=O) groups is 1. The molecule has 0 radical (unpaired) electrons. The van der Waals surface area contributed by atoms with E-state index in [4.69, 9.17) is 0 Å². The second-order valence-electron chi connectivity index (χ2n) is 7.64. The maximum absolute atomic E-state index is 12.8. The van der Waals surface area contributed by atoms with Crippen molar-refractivity contribution in [2.24, 2.45) is 0 Å². The quantitative estimate of drug-likeness (QED) is 0.688. The van der Waals surface area contributed by atoms with Gasteiger partial charge in [-0.05, 0) is 42.7 Å². The van der Waals surface area contributed by atoms with E-state index in [1.165, 1.54) is 16.9 Å². The van der Waals surface area contributed by atoms with Crippen LogP contribution >= 0.6 is 0 Å². The fourth-order valence-corrected chi connectivity index (χ4v) is 4.63. The van der Waals surface area contributed by atoms with Crippen molar-refractivity contribution in [3.05, 3.63) is 84.2 Å². The van der Waals surface area contributed by atoms with Crippen LogP contribution in [0, 0.1) is 0 Å². The third-order valence-corrected chi connectivity index (χ3v) is 6.13. The summed E-state index contributed by atoms with van der Waals surface area (Å²) in [6, 6.07) is 21.1. The summed E-state index contributed by atoms with van der Waals surface area (Å²) < 4.78 is 0. The molecule has 28 heavy (non-hydrogen) atoms. The monoisotopic (exact) mass is 370 g/mol. The molecule has 0 N–H and O–H groups in total. The van der Waals surface area contributed by atoms with Crippen LogP contribution < -0.4 is 4.90 Å². The standard InChI is InChI=1S/C23H22N4O/c28-22(18-10-13-24-25-16-18)26-14-11-23(12-15-26)17-27(19-6-2-1-3-7-19)21-9-5-4-8-20(21)23/h1-10,13,16H,11-12,14-15,17H2. The minimum Gasteiger partial charge on any atom is -0.340 e. The molecule has 1 spiro atoms. The maximum atomic E-state index is 12.8. The molecule has 0 saturated carbocycles. The summed E-state index contributed by atoms with van der Waals surface area (Å²) in [5.41, 5.74) is 4.65. The zero-order valence-electron chi connectivity index (χ0n) is 15.7. The molecule has 2 aliphatic heterocycles. The molecule has 5 rings (SSSR count). The first-order valence-corrected chi connectivity index (χ1v) is 9.75. The molecule has 0 aliphatic carbocycles. The van der Waals surface area contributed by atoms with Gasteiger partial charge in [-0.1, -0.05) is 36.4 Å². The molecule has 1 amide bonds. The number of anilines is 2. The molecule has 5 heteroatoms. The lowest BCUT2D eigenvalue weighted by Crippen LogP contribution is -2.46. The molecule has 5 nitrogen and oxygen atoms in total. The Bertz CT molecular complexity index is 982. The number of fused-ring (bicyclic) bond motifs is 2. The van der Waals surface area contributed by atoms with Crippen LogP contribution in [-0.4, -0.2) is 40.6 Å². The first kappa shape index (κ1) is 16.9. The number of para-hydroxylation sites is 2. The predicted octanol–water partition coefficient (Wildman–Crippen LogP) is 3.80. The van der Waals surface area contributed by atoms with Crippen LogP contribution in [0.15, 0.2) is 73.1 Å². The zero-order chi connectivity index (χ0) is 19.0. The molecule has 3 heterocycles. The fraction of sp³-hybridized carbons (Fsp3) is 0.261. The van der Waals surface area contributed by atoms with Gasteiger partial charge in [-0.15, -0.1) is 0 Å². The van der Waals surface area contributed by atoms with Gasteiger partial charge in [-0.3, -0.25) is 4.79 Å². The molecule has 1 aromatic heterocycles. The fourth-order valence-electron chi connectivity index (χ4n) is 4.63. The SMILES string of the molecule is O=C(c1ccnnc1)N1CCC2(CC1)CN(c1ccccc1)c1ccccc12. The number of rotatable bonds is 2. The summed E-state index contributed by atoms with van der Waals surface area (Å²) in [7, 11) is 0. The highest BCUT2D eigenvalue weighted by Crippen LogP contribution is 2.49. The Morgan fingerprint density at radius 3 is 2.39 bits per heavy atom. The molecule has 3 aromatic rings. The van der Waals surface area contributed by atoms with Crippen LogP contribution in [0.5, 0.6) is 0 Å². The normalized spacial score (nSPS) is 17.6. The van der Waals surface area contributed by atoms with Gasteiger partial charge in [0.1, 0.15) is 0 Å². The van der Waals surface area contributed by atoms with Crippen molar-refractivity contribution < 1.29 is 4.79 Å². The van der Waals surface area contributed by atoms with E-state index < -0.39 is 0 Å². The van der Waals surface area contributed by atoms with E-state index in [9.17, 15) is 4.79 Å². The molecular weight excluding hydrogens is 348 g/mol. The average Bonchev–Trinajstić information content (AvgIpc) is 3.09. The molecule has 0 unspecified atom stereocenters.